The van der Waals surface area contributed by atoms with Gasteiger partial charge in [-0.1, -0.05) is 53.2 Å². The second-order valence-corrected chi connectivity index (χ2v) is 8.88. The van der Waals surface area contributed by atoms with E-state index in [1.54, 1.807) is 5.57 Å². The molecule has 0 spiro atoms. The van der Waals surface area contributed by atoms with Crippen LogP contribution in [0.2, 0.25) is 0 Å². The number of piperidine rings is 1. The predicted molar refractivity (Wildman–Crippen MR) is 94.7 cm³/mol. The molecule has 2 aliphatic rings. The minimum Gasteiger partial charge on any atom is -0.313 e. The van der Waals surface area contributed by atoms with Crippen molar-refractivity contribution in [2.75, 3.05) is 33.2 Å². The lowest BCUT2D eigenvalue weighted by molar-refractivity contribution is 0.129. The van der Waals surface area contributed by atoms with Gasteiger partial charge in [0.05, 0.1) is 0 Å². The summed E-state index contributed by atoms with van der Waals surface area (Å²) in [6.07, 6.45) is 6.33. The Labute approximate surface area is 133 Å². The molecule has 0 atom stereocenters. The Morgan fingerprint density at radius 3 is 1.95 bits per heavy atom. The van der Waals surface area contributed by atoms with Gasteiger partial charge in [0.1, 0.15) is 0 Å². The summed E-state index contributed by atoms with van der Waals surface area (Å²) in [6.45, 7) is 18.7. The minimum absolute atomic E-state index is 0.391. The largest absolute Gasteiger partial charge is 0.313 e. The lowest BCUT2D eigenvalue weighted by Gasteiger charge is -2.37. The van der Waals surface area contributed by atoms with Gasteiger partial charge in [-0.25, -0.2) is 0 Å². The second-order valence-electron chi connectivity index (χ2n) is 8.88. The monoisotopic (exact) mass is 294 g/mol. The molecule has 0 aromatic rings. The van der Waals surface area contributed by atoms with Gasteiger partial charge in [0.2, 0.25) is 0 Å². The van der Waals surface area contributed by atoms with E-state index in [1.165, 1.54) is 32.4 Å². The summed E-state index contributed by atoms with van der Waals surface area (Å²) in [5.74, 6) is 0.943. The van der Waals surface area contributed by atoms with Crippen LogP contribution in [0.25, 0.3) is 0 Å². The fourth-order valence-corrected chi connectivity index (χ4v) is 3.18. The molecule has 0 aromatic carbocycles. The van der Waals surface area contributed by atoms with Crippen molar-refractivity contribution in [3.63, 3.8) is 0 Å². The zero-order chi connectivity index (χ0) is 16.1. The van der Waals surface area contributed by atoms with E-state index in [0.717, 1.165) is 19.0 Å². The summed E-state index contributed by atoms with van der Waals surface area (Å²) in [6, 6.07) is 0. The molecule has 0 radical (unpaired) electrons. The standard InChI is InChI=1S/C10H21N.C9H17N/c1-10(2,3)9-5-7-11(4)8-6-9;1-9(2,3)8-4-6-10-7-5-8/h9H,5-8H2,1-4H3;4,10H,5-7H2,1-3H3. The number of hydrogen-bond donors (Lipinski definition) is 1. The number of hydrogen-bond acceptors (Lipinski definition) is 2. The number of nitrogens with zero attached hydrogens (tertiary/aromatic N) is 1. The van der Waals surface area contributed by atoms with Crippen molar-refractivity contribution in [2.24, 2.45) is 16.7 Å². The van der Waals surface area contributed by atoms with Crippen LogP contribution in [-0.2, 0) is 0 Å². The molecule has 2 nitrogen and oxygen atoms in total. The summed E-state index contributed by atoms with van der Waals surface area (Å²) in [5, 5.41) is 3.31. The molecule has 2 heterocycles. The molecule has 0 saturated carbocycles. The summed E-state index contributed by atoms with van der Waals surface area (Å²) in [5.41, 5.74) is 2.52. The first-order chi connectivity index (χ1) is 9.60. The zero-order valence-electron chi connectivity index (χ0n) is 15.6. The van der Waals surface area contributed by atoms with Gasteiger partial charge in [-0.2, -0.15) is 0 Å². The van der Waals surface area contributed by atoms with E-state index >= 15 is 0 Å². The van der Waals surface area contributed by atoms with E-state index in [-0.39, 0.29) is 0 Å². The molecule has 0 unspecified atom stereocenters. The Hall–Kier alpha value is -0.340. The Kier molecular flexibility index (Phi) is 6.93. The van der Waals surface area contributed by atoms with Crippen molar-refractivity contribution in [2.45, 2.75) is 60.8 Å². The van der Waals surface area contributed by atoms with Gasteiger partial charge in [0.15, 0.2) is 0 Å². The summed E-state index contributed by atoms with van der Waals surface area (Å²) < 4.78 is 0. The zero-order valence-corrected chi connectivity index (χ0v) is 15.6. The maximum absolute atomic E-state index is 3.31. The topological polar surface area (TPSA) is 15.3 Å². The van der Waals surface area contributed by atoms with Crippen LogP contribution in [0.1, 0.15) is 60.8 Å². The van der Waals surface area contributed by atoms with Gasteiger partial charge in [-0.05, 0) is 62.7 Å². The quantitative estimate of drug-likeness (QED) is 0.669. The minimum atomic E-state index is 0.391. The van der Waals surface area contributed by atoms with Gasteiger partial charge in [-0.15, -0.1) is 0 Å². The van der Waals surface area contributed by atoms with Crippen LogP contribution in [0, 0.1) is 16.7 Å². The molecule has 2 heteroatoms. The summed E-state index contributed by atoms with van der Waals surface area (Å²) in [4.78, 5) is 2.43. The normalized spacial score (nSPS) is 22.3. The summed E-state index contributed by atoms with van der Waals surface area (Å²) >= 11 is 0. The van der Waals surface area contributed by atoms with Crippen molar-refractivity contribution >= 4 is 0 Å². The molecule has 0 aliphatic carbocycles. The number of likely N-dealkylation sites (tertiary alicyclic amines) is 1. The highest BCUT2D eigenvalue weighted by molar-refractivity contribution is 5.13. The first kappa shape index (κ1) is 18.7. The molecule has 0 amide bonds. The molecular formula is C19H38N2. The Bertz CT molecular complexity index is 322. The third kappa shape index (κ3) is 6.97. The fraction of sp³-hybridized carbons (Fsp3) is 0.895. The van der Waals surface area contributed by atoms with Gasteiger partial charge >= 0.3 is 0 Å². The van der Waals surface area contributed by atoms with Crippen LogP contribution < -0.4 is 5.32 Å². The molecule has 1 saturated heterocycles. The van der Waals surface area contributed by atoms with E-state index in [2.05, 4.69) is 64.9 Å². The lowest BCUT2D eigenvalue weighted by atomic mass is 9.75. The Balaban J connectivity index is 0.000000211. The molecule has 21 heavy (non-hydrogen) atoms. The number of rotatable bonds is 0. The highest BCUT2D eigenvalue weighted by atomic mass is 15.1. The average Bonchev–Trinajstić information content (AvgIpc) is 2.39. The Morgan fingerprint density at radius 1 is 1.05 bits per heavy atom. The van der Waals surface area contributed by atoms with E-state index in [4.69, 9.17) is 0 Å². The SMILES string of the molecule is CC(C)(C)C1=CCNCC1.CN1CCC(C(C)(C)C)CC1. The maximum atomic E-state index is 3.31. The second kappa shape index (κ2) is 7.78. The van der Waals surface area contributed by atoms with Crippen LogP contribution >= 0.6 is 0 Å². The average molecular weight is 295 g/mol. The van der Waals surface area contributed by atoms with Gasteiger partial charge in [0, 0.05) is 6.54 Å². The molecule has 0 bridgehead atoms. The van der Waals surface area contributed by atoms with Crippen molar-refractivity contribution in [1.82, 2.24) is 10.2 Å². The van der Waals surface area contributed by atoms with Gasteiger partial charge < -0.3 is 10.2 Å². The first-order valence-corrected chi connectivity index (χ1v) is 8.69. The molecule has 2 rings (SSSR count). The third-order valence-electron chi connectivity index (χ3n) is 4.97. The van der Waals surface area contributed by atoms with Crippen LogP contribution in [-0.4, -0.2) is 38.1 Å². The number of nitrogens with one attached hydrogen (secondary N) is 1. The molecule has 0 aromatic heterocycles. The highest BCUT2D eigenvalue weighted by Crippen LogP contribution is 2.33. The van der Waals surface area contributed by atoms with Crippen LogP contribution in [0.3, 0.4) is 0 Å². The van der Waals surface area contributed by atoms with Crippen molar-refractivity contribution < 1.29 is 0 Å². The van der Waals surface area contributed by atoms with E-state index in [0.29, 0.717) is 10.8 Å². The molecular weight excluding hydrogens is 256 g/mol. The lowest BCUT2D eigenvalue weighted by Crippen LogP contribution is -2.35. The van der Waals surface area contributed by atoms with Gasteiger partial charge in [0.25, 0.3) is 0 Å². The van der Waals surface area contributed by atoms with Crippen molar-refractivity contribution in [3.05, 3.63) is 11.6 Å². The molecule has 1 N–H and O–H groups in total. The first-order valence-electron chi connectivity index (χ1n) is 8.69. The maximum Gasteiger partial charge on any atom is 0.0137 e. The fourth-order valence-electron chi connectivity index (χ4n) is 3.18. The smallest absolute Gasteiger partial charge is 0.0137 e. The highest BCUT2D eigenvalue weighted by Gasteiger charge is 2.27. The molecule has 2 aliphatic heterocycles. The molecule has 124 valence electrons. The molecule has 1 fully saturated rings. The summed E-state index contributed by atoms with van der Waals surface area (Å²) in [7, 11) is 2.22. The van der Waals surface area contributed by atoms with Crippen LogP contribution in [0.5, 0.6) is 0 Å². The van der Waals surface area contributed by atoms with Crippen LogP contribution in [0.4, 0.5) is 0 Å². The van der Waals surface area contributed by atoms with Gasteiger partial charge in [-0.3, -0.25) is 0 Å². The van der Waals surface area contributed by atoms with E-state index in [1.807, 2.05) is 0 Å². The van der Waals surface area contributed by atoms with E-state index in [9.17, 15) is 0 Å². The Morgan fingerprint density at radius 2 is 1.62 bits per heavy atom. The van der Waals surface area contributed by atoms with Crippen molar-refractivity contribution in [1.29, 1.82) is 0 Å². The van der Waals surface area contributed by atoms with E-state index < -0.39 is 0 Å². The predicted octanol–water partition coefficient (Wildman–Crippen LogP) is 4.33. The third-order valence-corrected chi connectivity index (χ3v) is 4.97. The van der Waals surface area contributed by atoms with Crippen LogP contribution in [0.15, 0.2) is 11.6 Å². The van der Waals surface area contributed by atoms with Crippen molar-refractivity contribution in [3.8, 4) is 0 Å².